The van der Waals surface area contributed by atoms with Crippen molar-refractivity contribution in [3.63, 3.8) is 0 Å². The Morgan fingerprint density at radius 2 is 1.17 bits per heavy atom. The highest BCUT2D eigenvalue weighted by atomic mass is 16.5. The molecular formula is C21H44N2O6. The molecular weight excluding hydrogens is 376 g/mol. The van der Waals surface area contributed by atoms with Crippen molar-refractivity contribution >= 4 is 0 Å². The van der Waals surface area contributed by atoms with Gasteiger partial charge >= 0.3 is 0 Å². The molecule has 2 unspecified atom stereocenters. The van der Waals surface area contributed by atoms with Crippen molar-refractivity contribution < 1.29 is 28.4 Å². The third kappa shape index (κ3) is 10.0. The summed E-state index contributed by atoms with van der Waals surface area (Å²) in [5.74, 6) is 0. The van der Waals surface area contributed by atoms with Crippen molar-refractivity contribution in [2.75, 3.05) is 94.8 Å². The second kappa shape index (κ2) is 16.4. The zero-order chi connectivity index (χ0) is 21.5. The summed E-state index contributed by atoms with van der Waals surface area (Å²) in [6, 6.07) is 0.977. The average molecular weight is 421 g/mol. The normalized spacial score (nSPS) is 27.9. The molecule has 2 rings (SSSR count). The molecule has 0 aromatic rings. The van der Waals surface area contributed by atoms with E-state index in [4.69, 9.17) is 28.4 Å². The predicted octanol–water partition coefficient (Wildman–Crippen LogP) is 1.13. The van der Waals surface area contributed by atoms with E-state index < -0.39 is 0 Å². The zero-order valence-electron chi connectivity index (χ0n) is 19.4. The standard InChI is InChI=1S/C11H23NO3.C10H21NO3/c1-4-15-9-10-7-11(14-3)8-12(10)5-6-13-2;1-12-5-4-11-7-10(14-3)6-9(11)8-13-2/h10-11H,4-9H2,1-3H3;9-10H,4-8H2,1-3H3/t10-,11+;/m0./s1. The van der Waals surface area contributed by atoms with E-state index in [2.05, 4.69) is 9.80 Å². The molecule has 0 bridgehead atoms. The van der Waals surface area contributed by atoms with Gasteiger partial charge in [0.1, 0.15) is 0 Å². The van der Waals surface area contributed by atoms with E-state index in [0.717, 1.165) is 72.1 Å². The molecule has 4 atom stereocenters. The monoisotopic (exact) mass is 420 g/mol. The van der Waals surface area contributed by atoms with Crippen LogP contribution >= 0.6 is 0 Å². The Balaban J connectivity index is 0.000000291. The van der Waals surface area contributed by atoms with Crippen molar-refractivity contribution in [1.82, 2.24) is 9.80 Å². The number of hydrogen-bond acceptors (Lipinski definition) is 8. The summed E-state index contributed by atoms with van der Waals surface area (Å²) in [6.45, 7) is 9.87. The molecule has 8 nitrogen and oxygen atoms in total. The summed E-state index contributed by atoms with van der Waals surface area (Å²) in [6.07, 6.45) is 2.84. The summed E-state index contributed by atoms with van der Waals surface area (Å²) in [5.41, 5.74) is 0. The minimum Gasteiger partial charge on any atom is -0.383 e. The van der Waals surface area contributed by atoms with Gasteiger partial charge in [-0.2, -0.15) is 0 Å². The number of methoxy groups -OCH3 is 5. The quantitative estimate of drug-likeness (QED) is 0.439. The molecule has 2 aliphatic heterocycles. The SMILES string of the molecule is CCOC[C@@H]1C[C@@H](OC)CN1CCOC.COCCN1CC(OC)CC1COC. The minimum absolute atomic E-state index is 0.354. The summed E-state index contributed by atoms with van der Waals surface area (Å²) in [7, 11) is 8.77. The first-order valence-corrected chi connectivity index (χ1v) is 10.7. The van der Waals surface area contributed by atoms with E-state index in [-0.39, 0.29) is 0 Å². The average Bonchev–Trinajstić information content (AvgIpc) is 3.33. The van der Waals surface area contributed by atoms with E-state index in [1.807, 2.05) is 6.92 Å². The molecule has 8 heteroatoms. The first-order chi connectivity index (χ1) is 14.1. The Hall–Kier alpha value is -0.320. The van der Waals surface area contributed by atoms with Crippen LogP contribution in [0.5, 0.6) is 0 Å². The Morgan fingerprint density at radius 3 is 1.55 bits per heavy atom. The lowest BCUT2D eigenvalue weighted by atomic mass is 10.2. The topological polar surface area (TPSA) is 61.9 Å². The van der Waals surface area contributed by atoms with Gasteiger partial charge in [0.25, 0.3) is 0 Å². The second-order valence-electron chi connectivity index (χ2n) is 7.58. The van der Waals surface area contributed by atoms with Crippen LogP contribution in [0.3, 0.4) is 0 Å². The molecule has 0 radical (unpaired) electrons. The van der Waals surface area contributed by atoms with Crippen LogP contribution in [0.4, 0.5) is 0 Å². The van der Waals surface area contributed by atoms with Crippen LogP contribution in [0.15, 0.2) is 0 Å². The van der Waals surface area contributed by atoms with Gasteiger partial charge in [-0.3, -0.25) is 9.80 Å². The fraction of sp³-hybridized carbons (Fsp3) is 1.00. The van der Waals surface area contributed by atoms with Crippen molar-refractivity contribution in [3.05, 3.63) is 0 Å². The number of likely N-dealkylation sites (tertiary alicyclic amines) is 2. The van der Waals surface area contributed by atoms with Gasteiger partial charge in [-0.15, -0.1) is 0 Å². The van der Waals surface area contributed by atoms with Crippen LogP contribution in [-0.2, 0) is 28.4 Å². The number of nitrogens with zero attached hydrogens (tertiary/aromatic N) is 2. The van der Waals surface area contributed by atoms with Crippen molar-refractivity contribution in [1.29, 1.82) is 0 Å². The van der Waals surface area contributed by atoms with Gasteiger partial charge in [0.05, 0.1) is 38.6 Å². The first kappa shape index (κ1) is 26.7. The highest BCUT2D eigenvalue weighted by Crippen LogP contribution is 2.20. The van der Waals surface area contributed by atoms with E-state index >= 15 is 0 Å². The molecule has 0 saturated carbocycles. The third-order valence-electron chi connectivity index (χ3n) is 5.68. The molecule has 0 N–H and O–H groups in total. The Labute approximate surface area is 177 Å². The molecule has 0 aromatic heterocycles. The maximum atomic E-state index is 5.48. The zero-order valence-corrected chi connectivity index (χ0v) is 19.4. The van der Waals surface area contributed by atoms with Gasteiger partial charge in [0.2, 0.25) is 0 Å². The number of rotatable bonds is 13. The van der Waals surface area contributed by atoms with Crippen molar-refractivity contribution in [2.45, 2.75) is 44.1 Å². The highest BCUT2D eigenvalue weighted by molar-refractivity contribution is 4.86. The van der Waals surface area contributed by atoms with Gasteiger partial charge in [-0.05, 0) is 19.8 Å². The van der Waals surface area contributed by atoms with Crippen LogP contribution in [0.25, 0.3) is 0 Å². The molecule has 0 aromatic carbocycles. The van der Waals surface area contributed by atoms with E-state index in [1.165, 1.54) is 0 Å². The Bertz CT molecular complexity index is 374. The lowest BCUT2D eigenvalue weighted by Crippen LogP contribution is -2.35. The molecule has 174 valence electrons. The predicted molar refractivity (Wildman–Crippen MR) is 114 cm³/mol. The number of ether oxygens (including phenoxy) is 6. The highest BCUT2D eigenvalue weighted by Gasteiger charge is 2.32. The molecule has 0 aliphatic carbocycles. The molecule has 0 amide bonds. The summed E-state index contributed by atoms with van der Waals surface area (Å²) >= 11 is 0. The molecule has 2 aliphatic rings. The van der Waals surface area contributed by atoms with Gasteiger partial charge in [-0.25, -0.2) is 0 Å². The lowest BCUT2D eigenvalue weighted by molar-refractivity contribution is 0.0701. The van der Waals surface area contributed by atoms with Gasteiger partial charge in [-0.1, -0.05) is 0 Å². The fourth-order valence-corrected chi connectivity index (χ4v) is 3.97. The van der Waals surface area contributed by atoms with Gasteiger partial charge < -0.3 is 28.4 Å². The Morgan fingerprint density at radius 1 is 0.690 bits per heavy atom. The van der Waals surface area contributed by atoms with E-state index in [9.17, 15) is 0 Å². The molecule has 2 heterocycles. The largest absolute Gasteiger partial charge is 0.383 e. The minimum atomic E-state index is 0.354. The first-order valence-electron chi connectivity index (χ1n) is 10.7. The van der Waals surface area contributed by atoms with Crippen molar-refractivity contribution in [2.24, 2.45) is 0 Å². The number of hydrogen-bond donors (Lipinski definition) is 0. The van der Waals surface area contributed by atoms with Crippen LogP contribution in [0, 0.1) is 0 Å². The fourth-order valence-electron chi connectivity index (χ4n) is 3.97. The van der Waals surface area contributed by atoms with Crippen molar-refractivity contribution in [3.8, 4) is 0 Å². The van der Waals surface area contributed by atoms with Crippen LogP contribution in [-0.4, -0.2) is 129 Å². The Kier molecular flexibility index (Phi) is 15.1. The molecule has 2 saturated heterocycles. The molecule has 2 fully saturated rings. The van der Waals surface area contributed by atoms with Crippen LogP contribution in [0.1, 0.15) is 19.8 Å². The van der Waals surface area contributed by atoms with Gasteiger partial charge in [0.15, 0.2) is 0 Å². The van der Waals surface area contributed by atoms with Gasteiger partial charge in [0, 0.05) is 80.4 Å². The molecule has 0 spiro atoms. The van der Waals surface area contributed by atoms with Crippen LogP contribution in [0.2, 0.25) is 0 Å². The lowest BCUT2D eigenvalue weighted by Gasteiger charge is -2.23. The molecule has 29 heavy (non-hydrogen) atoms. The second-order valence-corrected chi connectivity index (χ2v) is 7.58. The van der Waals surface area contributed by atoms with E-state index in [1.54, 1.807) is 35.5 Å². The summed E-state index contributed by atoms with van der Waals surface area (Å²) in [4.78, 5) is 4.77. The summed E-state index contributed by atoms with van der Waals surface area (Å²) < 4.78 is 31.6. The third-order valence-corrected chi connectivity index (χ3v) is 5.68. The maximum absolute atomic E-state index is 5.48. The smallest absolute Gasteiger partial charge is 0.0714 e. The van der Waals surface area contributed by atoms with Crippen LogP contribution < -0.4 is 0 Å². The summed E-state index contributed by atoms with van der Waals surface area (Å²) in [5, 5.41) is 0. The van der Waals surface area contributed by atoms with E-state index in [0.29, 0.717) is 24.3 Å². The maximum Gasteiger partial charge on any atom is 0.0714 e.